The Morgan fingerprint density at radius 1 is 0.944 bits per heavy atom. The average Bonchev–Trinajstić information content (AvgIpc) is 3.34. The topological polar surface area (TPSA) is 84.0 Å². The number of imide groups is 1. The molecule has 0 radical (unpaired) electrons. The van der Waals surface area contributed by atoms with Crippen molar-refractivity contribution in [2.24, 2.45) is 23.7 Å². The van der Waals surface area contributed by atoms with Crippen molar-refractivity contribution in [3.05, 3.63) is 65.2 Å². The number of carbonyl (C=O) groups is 4. The van der Waals surface area contributed by atoms with Gasteiger partial charge in [0.15, 0.2) is 0 Å². The molecule has 2 aliphatic heterocycles. The normalized spacial score (nSPS) is 25.5. The van der Waals surface area contributed by atoms with Crippen molar-refractivity contribution >= 4 is 35.1 Å². The van der Waals surface area contributed by atoms with E-state index in [1.165, 1.54) is 4.90 Å². The summed E-state index contributed by atoms with van der Waals surface area (Å²) < 4.78 is 5.63. The van der Waals surface area contributed by atoms with Gasteiger partial charge in [0, 0.05) is 18.7 Å². The second-order valence-electron chi connectivity index (χ2n) is 10.2. The van der Waals surface area contributed by atoms with Gasteiger partial charge in [0.2, 0.25) is 17.7 Å². The third-order valence-corrected chi connectivity index (χ3v) is 7.61. The summed E-state index contributed by atoms with van der Waals surface area (Å²) >= 11 is 0. The maximum Gasteiger partial charge on any atom is 0.316 e. The summed E-state index contributed by atoms with van der Waals surface area (Å²) in [5, 5.41) is 0. The zero-order valence-electron chi connectivity index (χ0n) is 21.0. The van der Waals surface area contributed by atoms with Crippen molar-refractivity contribution in [2.75, 3.05) is 16.3 Å². The lowest BCUT2D eigenvalue weighted by Crippen LogP contribution is -2.32. The molecule has 2 fully saturated rings. The number of nitrogens with zero attached hydrogens (tertiary/aromatic N) is 2. The number of ether oxygens (including phenoxy) is 1. The van der Waals surface area contributed by atoms with Gasteiger partial charge in [-0.2, -0.15) is 0 Å². The van der Waals surface area contributed by atoms with E-state index in [9.17, 15) is 19.2 Å². The third kappa shape index (κ3) is 4.02. The lowest BCUT2D eigenvalue weighted by Gasteiger charge is -2.22. The van der Waals surface area contributed by atoms with Gasteiger partial charge < -0.3 is 9.64 Å². The summed E-state index contributed by atoms with van der Waals surface area (Å²) in [4.78, 5) is 54.7. The Kier molecular flexibility index (Phi) is 6.02. The first kappa shape index (κ1) is 24.0. The minimum Gasteiger partial charge on any atom is -0.426 e. The van der Waals surface area contributed by atoms with E-state index in [0.717, 1.165) is 16.8 Å². The van der Waals surface area contributed by atoms with Crippen molar-refractivity contribution < 1.29 is 23.9 Å². The summed E-state index contributed by atoms with van der Waals surface area (Å²) in [6.07, 6.45) is 4.64. The maximum absolute atomic E-state index is 13.1. The van der Waals surface area contributed by atoms with Gasteiger partial charge in [0.25, 0.3) is 0 Å². The van der Waals surface area contributed by atoms with Crippen LogP contribution in [0, 0.1) is 44.4 Å². The number of hydrogen-bond acceptors (Lipinski definition) is 5. The van der Waals surface area contributed by atoms with Crippen molar-refractivity contribution in [1.82, 2.24) is 0 Å². The SMILES string of the molecule is Cc1ccc(C)c(N2C[C@H](C(=O)Oc3ccc(N4C(=O)[C@@H]5[C@@H](C)C=CC[C@H]5C4=O)c(C)c3)CC2=O)c1. The second kappa shape index (κ2) is 9.04. The first-order valence-electron chi connectivity index (χ1n) is 12.4. The van der Waals surface area contributed by atoms with Crippen molar-refractivity contribution in [1.29, 1.82) is 0 Å². The predicted molar refractivity (Wildman–Crippen MR) is 136 cm³/mol. The number of aryl methyl sites for hydroxylation is 3. The van der Waals surface area contributed by atoms with Crippen molar-refractivity contribution in [3.8, 4) is 5.75 Å². The highest BCUT2D eigenvalue weighted by Crippen LogP contribution is 2.41. The van der Waals surface area contributed by atoms with Crippen LogP contribution in [-0.4, -0.2) is 30.2 Å². The molecule has 0 aromatic heterocycles. The molecule has 7 heteroatoms. The van der Waals surface area contributed by atoms with E-state index in [1.807, 2.05) is 51.1 Å². The van der Waals surface area contributed by atoms with Gasteiger partial charge in [0.1, 0.15) is 5.75 Å². The van der Waals surface area contributed by atoms with Gasteiger partial charge in [-0.05, 0) is 74.1 Å². The van der Waals surface area contributed by atoms with Gasteiger partial charge in [-0.3, -0.25) is 19.2 Å². The van der Waals surface area contributed by atoms with Crippen LogP contribution in [0.25, 0.3) is 0 Å². The zero-order chi connectivity index (χ0) is 25.7. The van der Waals surface area contributed by atoms with Crippen LogP contribution in [-0.2, 0) is 19.2 Å². The van der Waals surface area contributed by atoms with Gasteiger partial charge in [0.05, 0.1) is 23.4 Å². The molecule has 5 rings (SSSR count). The van der Waals surface area contributed by atoms with Crippen LogP contribution >= 0.6 is 0 Å². The fraction of sp³-hybridized carbons (Fsp3) is 0.379. The molecular formula is C29H30N2O5. The van der Waals surface area contributed by atoms with Gasteiger partial charge >= 0.3 is 5.97 Å². The lowest BCUT2D eigenvalue weighted by molar-refractivity contribution is -0.139. The van der Waals surface area contributed by atoms with E-state index >= 15 is 0 Å². The van der Waals surface area contributed by atoms with E-state index in [-0.39, 0.29) is 48.4 Å². The molecule has 186 valence electrons. The fourth-order valence-corrected chi connectivity index (χ4v) is 5.64. The number of hydrogen-bond donors (Lipinski definition) is 0. The third-order valence-electron chi connectivity index (χ3n) is 7.61. The molecular weight excluding hydrogens is 456 g/mol. The molecule has 0 spiro atoms. The molecule has 0 unspecified atom stereocenters. The van der Waals surface area contributed by atoms with E-state index in [2.05, 4.69) is 0 Å². The molecule has 36 heavy (non-hydrogen) atoms. The van der Waals surface area contributed by atoms with Crippen molar-refractivity contribution in [2.45, 2.75) is 40.5 Å². The largest absolute Gasteiger partial charge is 0.426 e. The molecule has 2 aromatic rings. The molecule has 2 aromatic carbocycles. The number of carbonyl (C=O) groups excluding carboxylic acids is 4. The Balaban J connectivity index is 1.30. The summed E-state index contributed by atoms with van der Waals surface area (Å²) in [6, 6.07) is 10.8. The summed E-state index contributed by atoms with van der Waals surface area (Å²) in [6.45, 7) is 7.94. The Hall–Kier alpha value is -3.74. The average molecular weight is 487 g/mol. The Bertz CT molecular complexity index is 1310. The molecule has 3 aliphatic rings. The minimum absolute atomic E-state index is 0.0167. The minimum atomic E-state index is -0.573. The second-order valence-corrected chi connectivity index (χ2v) is 10.2. The van der Waals surface area contributed by atoms with Gasteiger partial charge in [-0.1, -0.05) is 31.2 Å². The lowest BCUT2D eigenvalue weighted by atomic mass is 9.78. The fourth-order valence-electron chi connectivity index (χ4n) is 5.64. The van der Waals surface area contributed by atoms with E-state index in [1.54, 1.807) is 30.0 Å². The van der Waals surface area contributed by atoms with Crippen LogP contribution in [0.1, 0.15) is 36.5 Å². The molecule has 0 bridgehead atoms. The van der Waals surface area contributed by atoms with Crippen LogP contribution in [0.2, 0.25) is 0 Å². The van der Waals surface area contributed by atoms with Crippen LogP contribution in [0.3, 0.4) is 0 Å². The number of anilines is 2. The van der Waals surface area contributed by atoms with Gasteiger partial charge in [-0.25, -0.2) is 4.90 Å². The molecule has 7 nitrogen and oxygen atoms in total. The number of allylic oxidation sites excluding steroid dienone is 2. The smallest absolute Gasteiger partial charge is 0.316 e. The highest BCUT2D eigenvalue weighted by atomic mass is 16.5. The highest BCUT2D eigenvalue weighted by Gasteiger charge is 2.50. The number of esters is 1. The summed E-state index contributed by atoms with van der Waals surface area (Å²) in [5.41, 5.74) is 4.03. The molecule has 4 atom stereocenters. The van der Waals surface area contributed by atoms with E-state index < -0.39 is 11.9 Å². The van der Waals surface area contributed by atoms with Crippen LogP contribution in [0.5, 0.6) is 5.75 Å². The van der Waals surface area contributed by atoms with E-state index in [4.69, 9.17) is 4.74 Å². The molecule has 2 heterocycles. The molecule has 0 N–H and O–H groups in total. The van der Waals surface area contributed by atoms with E-state index in [0.29, 0.717) is 23.4 Å². The zero-order valence-corrected chi connectivity index (χ0v) is 21.0. The Morgan fingerprint density at radius 3 is 2.44 bits per heavy atom. The Morgan fingerprint density at radius 2 is 1.72 bits per heavy atom. The monoisotopic (exact) mass is 486 g/mol. The van der Waals surface area contributed by atoms with Crippen LogP contribution in [0.4, 0.5) is 11.4 Å². The first-order valence-corrected chi connectivity index (χ1v) is 12.4. The standard InChI is InChI=1S/C29H30N2O5/c1-16-8-9-17(2)24(12-16)30-15-20(14-25(30)32)29(35)36-21-10-11-23(19(4)13-21)31-27(33)22-7-5-6-18(3)26(22)28(31)34/h5-6,8-13,18,20,22,26H,7,14-15H2,1-4H3/t18-,20+,22+,26+/m0/s1. The molecule has 3 amide bonds. The maximum atomic E-state index is 13.1. The molecule has 2 saturated heterocycles. The molecule has 1 aliphatic carbocycles. The van der Waals surface area contributed by atoms with Crippen LogP contribution in [0.15, 0.2) is 48.6 Å². The molecule has 0 saturated carbocycles. The van der Waals surface area contributed by atoms with Gasteiger partial charge in [-0.15, -0.1) is 0 Å². The number of benzene rings is 2. The first-order chi connectivity index (χ1) is 17.2. The summed E-state index contributed by atoms with van der Waals surface area (Å²) in [5.74, 6) is -1.81. The highest BCUT2D eigenvalue weighted by molar-refractivity contribution is 6.22. The summed E-state index contributed by atoms with van der Waals surface area (Å²) in [7, 11) is 0. The van der Waals surface area contributed by atoms with Crippen molar-refractivity contribution in [3.63, 3.8) is 0 Å². The quantitative estimate of drug-likeness (QED) is 0.279. The number of rotatable bonds is 4. The van der Waals surface area contributed by atoms with Crippen LogP contribution < -0.4 is 14.5 Å². The predicted octanol–water partition coefficient (Wildman–Crippen LogP) is 4.27. The number of fused-ring (bicyclic) bond motifs is 1. The number of amides is 3. The Labute approximate surface area is 210 Å².